The highest BCUT2D eigenvalue weighted by molar-refractivity contribution is 14.1. The molecule has 1 N–H and O–H groups in total. The maximum Gasteiger partial charge on any atom is 0.265 e. The molecule has 0 spiro atoms. The van der Waals surface area contributed by atoms with E-state index in [2.05, 4.69) is 27.3 Å². The number of carbonyl (C=O) groups excluding carboxylic acids is 1. The summed E-state index contributed by atoms with van der Waals surface area (Å²) in [5.41, 5.74) is 1.74. The van der Waals surface area contributed by atoms with Gasteiger partial charge in [0.15, 0.2) is 0 Å². The van der Waals surface area contributed by atoms with Crippen LogP contribution < -0.4 is 4.72 Å². The van der Waals surface area contributed by atoms with E-state index in [1.807, 2.05) is 12.1 Å². The highest BCUT2D eigenvalue weighted by atomic mass is 127. The SMILES string of the molecule is Cc1ccc(C)c(S(=O)(=O)NC(=O)c2cccc(I)c2)c1. The Hall–Kier alpha value is -1.41. The minimum atomic E-state index is -3.88. The van der Waals surface area contributed by atoms with Crippen molar-refractivity contribution in [2.24, 2.45) is 0 Å². The summed E-state index contributed by atoms with van der Waals surface area (Å²) in [5.74, 6) is -0.630. The molecule has 0 aliphatic rings. The molecule has 0 heterocycles. The summed E-state index contributed by atoms with van der Waals surface area (Å²) in [7, 11) is -3.88. The van der Waals surface area contributed by atoms with Gasteiger partial charge in [-0.15, -0.1) is 0 Å². The number of benzene rings is 2. The third-order valence-electron chi connectivity index (χ3n) is 2.95. The second kappa shape index (κ2) is 6.15. The van der Waals surface area contributed by atoms with E-state index in [1.54, 1.807) is 44.2 Å². The van der Waals surface area contributed by atoms with Gasteiger partial charge in [0, 0.05) is 9.13 Å². The van der Waals surface area contributed by atoms with Gasteiger partial charge in [-0.3, -0.25) is 4.79 Å². The second-order valence-corrected chi connectivity index (χ2v) is 7.61. The van der Waals surface area contributed by atoms with E-state index in [0.717, 1.165) is 9.13 Å². The van der Waals surface area contributed by atoms with Crippen LogP contribution in [0, 0.1) is 17.4 Å². The Labute approximate surface area is 137 Å². The van der Waals surface area contributed by atoms with Crippen LogP contribution in [0.3, 0.4) is 0 Å². The zero-order valence-electron chi connectivity index (χ0n) is 11.6. The smallest absolute Gasteiger partial charge is 0.265 e. The van der Waals surface area contributed by atoms with Crippen molar-refractivity contribution in [3.05, 3.63) is 62.7 Å². The number of halogens is 1. The molecule has 0 saturated heterocycles. The fraction of sp³-hybridized carbons (Fsp3) is 0.133. The molecule has 0 aliphatic heterocycles. The van der Waals surface area contributed by atoms with Gasteiger partial charge in [-0.05, 0) is 71.8 Å². The van der Waals surface area contributed by atoms with Crippen molar-refractivity contribution < 1.29 is 13.2 Å². The number of hydrogen-bond acceptors (Lipinski definition) is 3. The zero-order chi connectivity index (χ0) is 15.6. The molecule has 4 nitrogen and oxygen atoms in total. The maximum atomic E-state index is 12.3. The van der Waals surface area contributed by atoms with Crippen molar-refractivity contribution >= 4 is 38.5 Å². The van der Waals surface area contributed by atoms with E-state index in [0.29, 0.717) is 11.1 Å². The lowest BCUT2D eigenvalue weighted by Gasteiger charge is -2.10. The molecule has 2 aromatic rings. The van der Waals surface area contributed by atoms with Crippen molar-refractivity contribution in [3.8, 4) is 0 Å². The van der Waals surface area contributed by atoms with E-state index in [4.69, 9.17) is 0 Å². The molecule has 0 unspecified atom stereocenters. The number of carbonyl (C=O) groups is 1. The molecule has 1 amide bonds. The van der Waals surface area contributed by atoms with E-state index >= 15 is 0 Å². The van der Waals surface area contributed by atoms with Crippen LogP contribution in [0.2, 0.25) is 0 Å². The summed E-state index contributed by atoms with van der Waals surface area (Å²) < 4.78 is 27.7. The van der Waals surface area contributed by atoms with Gasteiger partial charge in [0.2, 0.25) is 0 Å². The van der Waals surface area contributed by atoms with Crippen molar-refractivity contribution in [2.75, 3.05) is 0 Å². The Morgan fingerprint density at radius 2 is 1.81 bits per heavy atom. The Bertz CT molecular complexity index is 800. The van der Waals surface area contributed by atoms with Gasteiger partial charge in [0.05, 0.1) is 4.90 Å². The van der Waals surface area contributed by atoms with Crippen LogP contribution in [0.25, 0.3) is 0 Å². The van der Waals surface area contributed by atoms with Crippen molar-refractivity contribution in [1.29, 1.82) is 0 Å². The van der Waals surface area contributed by atoms with Crippen LogP contribution in [0.1, 0.15) is 21.5 Å². The largest absolute Gasteiger partial charge is 0.268 e. The Balaban J connectivity index is 2.33. The lowest BCUT2D eigenvalue weighted by Crippen LogP contribution is -2.31. The van der Waals surface area contributed by atoms with Crippen LogP contribution in [0.15, 0.2) is 47.4 Å². The molecular weight excluding hydrogens is 401 g/mol. The summed E-state index contributed by atoms with van der Waals surface area (Å²) in [4.78, 5) is 12.2. The van der Waals surface area contributed by atoms with Gasteiger partial charge in [-0.1, -0.05) is 18.2 Å². The van der Waals surface area contributed by atoms with E-state index < -0.39 is 15.9 Å². The van der Waals surface area contributed by atoms with Gasteiger partial charge in [0.1, 0.15) is 0 Å². The molecule has 0 radical (unpaired) electrons. The molecule has 21 heavy (non-hydrogen) atoms. The molecule has 6 heteroatoms. The predicted octanol–water partition coefficient (Wildman–Crippen LogP) is 3.03. The number of amides is 1. The normalized spacial score (nSPS) is 11.2. The Morgan fingerprint density at radius 3 is 2.48 bits per heavy atom. The van der Waals surface area contributed by atoms with E-state index in [1.165, 1.54) is 0 Å². The summed E-state index contributed by atoms with van der Waals surface area (Å²) in [6.07, 6.45) is 0. The van der Waals surface area contributed by atoms with Crippen LogP contribution in [0.4, 0.5) is 0 Å². The minimum absolute atomic E-state index is 0.126. The lowest BCUT2D eigenvalue weighted by molar-refractivity contribution is 0.0981. The highest BCUT2D eigenvalue weighted by Gasteiger charge is 2.20. The van der Waals surface area contributed by atoms with E-state index in [9.17, 15) is 13.2 Å². The highest BCUT2D eigenvalue weighted by Crippen LogP contribution is 2.17. The van der Waals surface area contributed by atoms with Gasteiger partial charge in [0.25, 0.3) is 15.9 Å². The summed E-state index contributed by atoms with van der Waals surface area (Å²) in [6.45, 7) is 3.50. The van der Waals surface area contributed by atoms with Crippen LogP contribution in [-0.4, -0.2) is 14.3 Å². The third kappa shape index (κ3) is 3.82. The Morgan fingerprint density at radius 1 is 1.10 bits per heavy atom. The molecule has 0 saturated carbocycles. The standard InChI is InChI=1S/C15H14INO3S/c1-10-6-7-11(2)14(8-10)21(19,20)17-15(18)12-4-3-5-13(16)9-12/h3-9H,1-2H3,(H,17,18). The topological polar surface area (TPSA) is 63.2 Å². The number of rotatable bonds is 3. The predicted molar refractivity (Wildman–Crippen MR) is 89.7 cm³/mol. The van der Waals surface area contributed by atoms with Gasteiger partial charge >= 0.3 is 0 Å². The number of aryl methyl sites for hydroxylation is 2. The molecule has 0 atom stereocenters. The van der Waals surface area contributed by atoms with Gasteiger partial charge in [-0.2, -0.15) is 0 Å². The van der Waals surface area contributed by atoms with Crippen molar-refractivity contribution in [1.82, 2.24) is 4.72 Å². The quantitative estimate of drug-likeness (QED) is 0.785. The lowest BCUT2D eigenvalue weighted by atomic mass is 10.2. The molecule has 2 rings (SSSR count). The summed E-state index contributed by atoms with van der Waals surface area (Å²) in [6, 6.07) is 11.9. The van der Waals surface area contributed by atoms with E-state index in [-0.39, 0.29) is 4.90 Å². The molecule has 0 aliphatic carbocycles. The van der Waals surface area contributed by atoms with Crippen LogP contribution in [-0.2, 0) is 10.0 Å². The molecule has 0 fully saturated rings. The average molecular weight is 415 g/mol. The van der Waals surface area contributed by atoms with Crippen LogP contribution in [0.5, 0.6) is 0 Å². The Kier molecular flexibility index (Phi) is 4.67. The second-order valence-electron chi connectivity index (χ2n) is 4.71. The first-order valence-corrected chi connectivity index (χ1v) is 8.76. The molecular formula is C15H14INO3S. The zero-order valence-corrected chi connectivity index (χ0v) is 14.5. The summed E-state index contributed by atoms with van der Waals surface area (Å²) in [5, 5.41) is 0. The monoisotopic (exact) mass is 415 g/mol. The van der Waals surface area contributed by atoms with Gasteiger partial charge in [-0.25, -0.2) is 13.1 Å². The van der Waals surface area contributed by atoms with Crippen molar-refractivity contribution in [3.63, 3.8) is 0 Å². The van der Waals surface area contributed by atoms with Gasteiger partial charge < -0.3 is 0 Å². The number of hydrogen-bond donors (Lipinski definition) is 1. The fourth-order valence-electron chi connectivity index (χ4n) is 1.86. The summed E-state index contributed by atoms with van der Waals surface area (Å²) >= 11 is 2.07. The third-order valence-corrected chi connectivity index (χ3v) is 5.09. The average Bonchev–Trinajstić information content (AvgIpc) is 2.41. The van der Waals surface area contributed by atoms with Crippen molar-refractivity contribution in [2.45, 2.75) is 18.7 Å². The molecule has 0 aromatic heterocycles. The minimum Gasteiger partial charge on any atom is -0.268 e. The maximum absolute atomic E-state index is 12.3. The molecule has 2 aromatic carbocycles. The first kappa shape index (κ1) is 16.0. The molecule has 0 bridgehead atoms. The number of sulfonamides is 1. The first-order valence-electron chi connectivity index (χ1n) is 6.19. The fourth-order valence-corrected chi connectivity index (χ4v) is 3.71. The number of nitrogens with one attached hydrogen (secondary N) is 1. The van der Waals surface area contributed by atoms with Crippen LogP contribution >= 0.6 is 22.6 Å². The first-order chi connectivity index (χ1) is 9.79. The molecule has 110 valence electrons.